The molecule has 0 fully saturated rings. The number of aromatic nitrogens is 2. The molecule has 0 bridgehead atoms. The van der Waals surface area contributed by atoms with Crippen LogP contribution in [0.25, 0.3) is 0 Å². The fourth-order valence-corrected chi connectivity index (χ4v) is 5.88. The van der Waals surface area contributed by atoms with Crippen LogP contribution in [0.3, 0.4) is 0 Å². The van der Waals surface area contributed by atoms with Crippen molar-refractivity contribution in [1.29, 1.82) is 0 Å². The Balaban J connectivity index is 2.22. The van der Waals surface area contributed by atoms with E-state index in [1.165, 1.54) is 4.68 Å². The number of nitrogens with zero attached hydrogens (tertiary/aromatic N) is 2. The highest BCUT2D eigenvalue weighted by atomic mass is 32.8. The van der Waals surface area contributed by atoms with Crippen molar-refractivity contribution in [2.24, 2.45) is 7.05 Å². The van der Waals surface area contributed by atoms with Gasteiger partial charge in [-0.1, -0.05) is 9.45 Å². The average Bonchev–Trinajstić information content (AvgIpc) is 2.80. The van der Waals surface area contributed by atoms with Gasteiger partial charge < -0.3 is 5.11 Å². The molecule has 0 aliphatic carbocycles. The topological polar surface area (TPSA) is 89.3 Å². The van der Waals surface area contributed by atoms with Gasteiger partial charge in [0, 0.05) is 35.2 Å². The zero-order valence-corrected chi connectivity index (χ0v) is 15.1. The monoisotopic (exact) mass is 364 g/mol. The van der Waals surface area contributed by atoms with E-state index in [1.807, 2.05) is 0 Å². The van der Waals surface area contributed by atoms with Crippen molar-refractivity contribution in [3.8, 4) is 5.88 Å². The van der Waals surface area contributed by atoms with Crippen molar-refractivity contribution >= 4 is 31.2 Å². The largest absolute Gasteiger partial charge is 0.493 e. The molecule has 1 unspecified atom stereocenters. The van der Waals surface area contributed by atoms with Gasteiger partial charge in [0.1, 0.15) is 15.8 Å². The number of Topliss-reactive ketones (excluding diaryl/α,β-unsaturated/α-hetero) is 1. The third-order valence-corrected chi connectivity index (χ3v) is 7.41. The number of hydrogen-bond acceptors (Lipinski definition) is 5. The molecule has 0 spiro atoms. The van der Waals surface area contributed by atoms with Crippen LogP contribution in [0, 0.1) is 13.8 Å². The Morgan fingerprint density at radius 1 is 1.38 bits per heavy atom. The summed E-state index contributed by atoms with van der Waals surface area (Å²) in [6, 6.07) is 3.22. The van der Waals surface area contributed by atoms with E-state index in [0.29, 0.717) is 49.7 Å². The summed E-state index contributed by atoms with van der Waals surface area (Å²) in [6.07, 6.45) is 0.362. The number of ketones is 2. The van der Waals surface area contributed by atoms with Gasteiger partial charge in [-0.15, -0.1) is 0 Å². The number of aromatic hydroxyl groups is 1. The molecule has 0 amide bonds. The van der Waals surface area contributed by atoms with E-state index < -0.39 is 9.45 Å². The van der Waals surface area contributed by atoms with Crippen molar-refractivity contribution in [2.45, 2.75) is 25.2 Å². The van der Waals surface area contributed by atoms with Crippen LogP contribution in [0.4, 0.5) is 0 Å². The maximum atomic E-state index is 12.9. The third kappa shape index (κ3) is 2.46. The third-order valence-electron chi connectivity index (χ3n) is 4.19. The molecule has 1 aromatic carbocycles. The SMILES string of the molecule is Cc1nn(C)c(O)c1C(=O)c1ccc2c(c1C)S(=S=O)CCC2=O. The van der Waals surface area contributed by atoms with Gasteiger partial charge in [0.25, 0.3) is 0 Å². The standard InChI is InChI=1S/C16H16N2O4S2/c1-8-10(14(20)13-9(2)17-18(3)16(13)21)4-5-11-12(19)6-7-24(23-22)15(8)11/h4-5,21H,6-7H2,1-3H3. The van der Waals surface area contributed by atoms with Gasteiger partial charge in [-0.3, -0.25) is 9.59 Å². The second kappa shape index (κ2) is 6.10. The van der Waals surface area contributed by atoms with Crippen LogP contribution in [0.15, 0.2) is 17.0 Å². The fraction of sp³-hybridized carbons (Fsp3) is 0.312. The summed E-state index contributed by atoms with van der Waals surface area (Å²) in [5, 5.41) is 14.1. The predicted molar refractivity (Wildman–Crippen MR) is 91.8 cm³/mol. The maximum Gasteiger partial charge on any atom is 0.220 e. The predicted octanol–water partition coefficient (Wildman–Crippen LogP) is 1.67. The van der Waals surface area contributed by atoms with Crippen LogP contribution < -0.4 is 0 Å². The summed E-state index contributed by atoms with van der Waals surface area (Å²) in [6.45, 7) is 3.41. The first-order valence-corrected chi connectivity index (χ1v) is 9.97. The molecule has 0 saturated heterocycles. The van der Waals surface area contributed by atoms with Gasteiger partial charge >= 0.3 is 0 Å². The summed E-state index contributed by atoms with van der Waals surface area (Å²) in [5.41, 5.74) is 2.15. The van der Waals surface area contributed by atoms with Gasteiger partial charge in [0.05, 0.1) is 5.69 Å². The molecule has 126 valence electrons. The highest BCUT2D eigenvalue weighted by Gasteiger charge is 2.28. The fourth-order valence-electron chi connectivity index (χ4n) is 2.99. The summed E-state index contributed by atoms with van der Waals surface area (Å²) in [5.74, 6) is -0.0283. The summed E-state index contributed by atoms with van der Waals surface area (Å²) in [4.78, 5) is 25.7. The second-order valence-electron chi connectivity index (χ2n) is 5.64. The summed E-state index contributed by atoms with van der Waals surface area (Å²) >= 11 is 0. The number of hydrogen-bond donors (Lipinski definition) is 1. The van der Waals surface area contributed by atoms with Crippen molar-refractivity contribution in [2.75, 3.05) is 5.75 Å². The number of rotatable bonds is 2. The highest BCUT2D eigenvalue weighted by molar-refractivity contribution is 8.31. The Labute approximate surface area is 144 Å². The molecule has 3 rings (SSSR count). The van der Waals surface area contributed by atoms with E-state index in [4.69, 9.17) is 0 Å². The average molecular weight is 364 g/mol. The molecule has 24 heavy (non-hydrogen) atoms. The zero-order valence-electron chi connectivity index (χ0n) is 13.5. The van der Waals surface area contributed by atoms with Crippen LogP contribution in [-0.2, 0) is 26.7 Å². The Bertz CT molecular complexity index is 955. The lowest BCUT2D eigenvalue weighted by Gasteiger charge is -2.20. The molecular weight excluding hydrogens is 348 g/mol. The summed E-state index contributed by atoms with van der Waals surface area (Å²) < 4.78 is 12.7. The lowest BCUT2D eigenvalue weighted by molar-refractivity contribution is 0.0981. The molecule has 0 radical (unpaired) electrons. The van der Waals surface area contributed by atoms with E-state index in [9.17, 15) is 18.9 Å². The van der Waals surface area contributed by atoms with Gasteiger partial charge in [-0.05, 0) is 31.5 Å². The second-order valence-corrected chi connectivity index (χ2v) is 8.90. The van der Waals surface area contributed by atoms with Crippen molar-refractivity contribution in [1.82, 2.24) is 9.78 Å². The van der Waals surface area contributed by atoms with Gasteiger partial charge in [0.15, 0.2) is 5.78 Å². The van der Waals surface area contributed by atoms with E-state index >= 15 is 0 Å². The van der Waals surface area contributed by atoms with Gasteiger partial charge in [-0.2, -0.15) is 5.10 Å². The molecule has 1 aromatic heterocycles. The first-order chi connectivity index (χ1) is 11.4. The van der Waals surface area contributed by atoms with Crippen LogP contribution in [0.2, 0.25) is 0 Å². The smallest absolute Gasteiger partial charge is 0.220 e. The van der Waals surface area contributed by atoms with Crippen LogP contribution in [0.1, 0.15) is 44.0 Å². The van der Waals surface area contributed by atoms with Crippen molar-refractivity contribution < 1.29 is 18.9 Å². The van der Waals surface area contributed by atoms with Gasteiger partial charge in [0.2, 0.25) is 11.7 Å². The molecule has 8 heteroatoms. The first-order valence-electron chi connectivity index (χ1n) is 7.32. The molecule has 1 aliphatic heterocycles. The van der Waals surface area contributed by atoms with E-state index in [0.717, 1.165) is 0 Å². The minimum Gasteiger partial charge on any atom is -0.493 e. The molecule has 1 atom stereocenters. The van der Waals surface area contributed by atoms with E-state index in [1.54, 1.807) is 33.0 Å². The normalized spacial score (nSPS) is 16.8. The molecule has 1 aliphatic rings. The number of carbonyl (C=O) groups is 2. The molecule has 6 nitrogen and oxygen atoms in total. The quantitative estimate of drug-likeness (QED) is 0.819. The minimum absolute atomic E-state index is 0.00491. The molecule has 2 aromatic rings. The molecule has 0 saturated carbocycles. The Morgan fingerprint density at radius 2 is 2.08 bits per heavy atom. The van der Waals surface area contributed by atoms with E-state index in [-0.39, 0.29) is 23.0 Å². The van der Waals surface area contributed by atoms with Crippen molar-refractivity contribution in [3.63, 3.8) is 0 Å². The van der Waals surface area contributed by atoms with E-state index in [2.05, 4.69) is 5.10 Å². The highest BCUT2D eigenvalue weighted by Crippen LogP contribution is 2.31. The number of benzene rings is 1. The van der Waals surface area contributed by atoms with Crippen molar-refractivity contribution in [3.05, 3.63) is 40.1 Å². The number of aryl methyl sites for hydroxylation is 2. The Morgan fingerprint density at radius 3 is 2.67 bits per heavy atom. The first kappa shape index (κ1) is 16.8. The Hall–Kier alpha value is -2.06. The number of carbonyl (C=O) groups excluding carboxylic acids is 2. The zero-order chi connectivity index (χ0) is 17.6. The van der Waals surface area contributed by atoms with Crippen LogP contribution in [0.5, 0.6) is 5.88 Å². The molecule has 1 N–H and O–H groups in total. The molecule has 2 heterocycles. The lowest BCUT2D eigenvalue weighted by atomic mass is 9.95. The number of fused-ring (bicyclic) bond motifs is 1. The van der Waals surface area contributed by atoms with Crippen LogP contribution >= 0.6 is 0 Å². The van der Waals surface area contributed by atoms with Crippen LogP contribution in [-0.4, -0.2) is 36.4 Å². The van der Waals surface area contributed by atoms with Gasteiger partial charge in [-0.25, -0.2) is 8.89 Å². The Kier molecular flexibility index (Phi) is 4.27. The lowest BCUT2D eigenvalue weighted by Crippen LogP contribution is -2.19. The molecular formula is C16H16N2O4S2. The minimum atomic E-state index is -0.643. The summed E-state index contributed by atoms with van der Waals surface area (Å²) in [7, 11) is 1.40. The maximum absolute atomic E-state index is 12.9.